The van der Waals surface area contributed by atoms with Crippen molar-refractivity contribution in [1.29, 1.82) is 0 Å². The summed E-state index contributed by atoms with van der Waals surface area (Å²) in [6, 6.07) is 2.14. The van der Waals surface area contributed by atoms with Crippen LogP contribution in [0.5, 0.6) is 0 Å². The maximum absolute atomic E-state index is 4.73. The van der Waals surface area contributed by atoms with Gasteiger partial charge in [-0.15, -0.1) is 23.7 Å². The summed E-state index contributed by atoms with van der Waals surface area (Å²) in [4.78, 5) is 21.1. The minimum atomic E-state index is 0. The summed E-state index contributed by atoms with van der Waals surface area (Å²) < 4.78 is 0. The Bertz CT molecular complexity index is 863. The maximum Gasteiger partial charge on any atom is 0.156 e. The minimum Gasteiger partial charge on any atom is -0.355 e. The number of anilines is 1. The van der Waals surface area contributed by atoms with Gasteiger partial charge in [-0.2, -0.15) is 0 Å². The van der Waals surface area contributed by atoms with Crippen LogP contribution in [0.1, 0.15) is 35.8 Å². The molecule has 5 nitrogen and oxygen atoms in total. The molecule has 0 radical (unpaired) electrons. The fourth-order valence-electron chi connectivity index (χ4n) is 3.35. The average Bonchev–Trinajstić information content (AvgIpc) is 3.09. The maximum atomic E-state index is 4.73. The Labute approximate surface area is 152 Å². The van der Waals surface area contributed by atoms with E-state index in [2.05, 4.69) is 32.8 Å². The van der Waals surface area contributed by atoms with Gasteiger partial charge in [-0.05, 0) is 46.1 Å². The van der Waals surface area contributed by atoms with E-state index in [1.165, 1.54) is 24.1 Å². The summed E-state index contributed by atoms with van der Waals surface area (Å²) in [7, 11) is 0. The van der Waals surface area contributed by atoms with Crippen molar-refractivity contribution in [3.8, 4) is 10.6 Å². The Morgan fingerprint density at radius 3 is 2.46 bits per heavy atom. The molecule has 0 saturated carbocycles. The van der Waals surface area contributed by atoms with E-state index in [1.807, 2.05) is 13.8 Å². The molecule has 1 aliphatic rings. The van der Waals surface area contributed by atoms with Gasteiger partial charge in [0.1, 0.15) is 11.3 Å². The Kier molecular flexibility index (Phi) is 4.78. The first-order valence-electron chi connectivity index (χ1n) is 8.18. The minimum absolute atomic E-state index is 0. The van der Waals surface area contributed by atoms with Gasteiger partial charge < -0.3 is 9.88 Å². The van der Waals surface area contributed by atoms with Crippen LogP contribution in [-0.4, -0.2) is 33.0 Å². The quantitative estimate of drug-likeness (QED) is 0.732. The van der Waals surface area contributed by atoms with E-state index in [0.717, 1.165) is 52.2 Å². The summed E-state index contributed by atoms with van der Waals surface area (Å²) >= 11 is 1.72. The van der Waals surface area contributed by atoms with E-state index in [1.54, 1.807) is 11.3 Å². The number of aromatic amines is 1. The SMILES string of the molecule is Cc1nc(N2CCCCC2)c2[nH]c(-c3sc(C)nc3C)cc2n1.Cl. The van der Waals surface area contributed by atoms with Crippen molar-refractivity contribution in [2.45, 2.75) is 40.0 Å². The molecule has 1 fully saturated rings. The fourth-order valence-corrected chi connectivity index (χ4v) is 4.24. The predicted octanol–water partition coefficient (Wildman–Crippen LogP) is 4.42. The molecule has 24 heavy (non-hydrogen) atoms. The van der Waals surface area contributed by atoms with Crippen LogP contribution in [0, 0.1) is 20.8 Å². The number of hydrogen-bond donors (Lipinski definition) is 1. The van der Waals surface area contributed by atoms with Gasteiger partial charge in [-0.3, -0.25) is 0 Å². The van der Waals surface area contributed by atoms with E-state index in [4.69, 9.17) is 4.98 Å². The normalized spacial score (nSPS) is 14.9. The van der Waals surface area contributed by atoms with Gasteiger partial charge >= 0.3 is 0 Å². The molecule has 0 bridgehead atoms. The number of thiazole rings is 1. The number of nitrogens with one attached hydrogen (secondary N) is 1. The van der Waals surface area contributed by atoms with Crippen LogP contribution in [0.15, 0.2) is 6.07 Å². The summed E-state index contributed by atoms with van der Waals surface area (Å²) in [5.41, 5.74) is 4.22. The molecule has 1 N–H and O–H groups in total. The smallest absolute Gasteiger partial charge is 0.156 e. The first kappa shape index (κ1) is 17.2. The standard InChI is InChI=1S/C17H21N5S.ClH/c1-10-16(23-12(3)18-10)14-9-13-15(21-14)17(20-11(2)19-13)22-7-5-4-6-8-22;/h9,21H,4-8H2,1-3H3;1H. The summed E-state index contributed by atoms with van der Waals surface area (Å²) in [5, 5.41) is 1.09. The molecule has 3 aromatic heterocycles. The van der Waals surface area contributed by atoms with Gasteiger partial charge in [0, 0.05) is 13.1 Å². The topological polar surface area (TPSA) is 57.7 Å². The summed E-state index contributed by atoms with van der Waals surface area (Å²) in [5.74, 6) is 1.89. The highest BCUT2D eigenvalue weighted by Crippen LogP contribution is 2.34. The molecule has 4 rings (SSSR count). The number of halogens is 1. The third kappa shape index (κ3) is 3.00. The van der Waals surface area contributed by atoms with Crippen LogP contribution in [0.4, 0.5) is 5.82 Å². The lowest BCUT2D eigenvalue weighted by Gasteiger charge is -2.28. The van der Waals surface area contributed by atoms with Gasteiger partial charge in [-0.25, -0.2) is 15.0 Å². The van der Waals surface area contributed by atoms with Crippen LogP contribution in [0.3, 0.4) is 0 Å². The van der Waals surface area contributed by atoms with Crippen LogP contribution >= 0.6 is 23.7 Å². The van der Waals surface area contributed by atoms with Crippen LogP contribution < -0.4 is 4.90 Å². The molecular weight excluding hydrogens is 342 g/mol. The molecule has 0 aromatic carbocycles. The Hall–Kier alpha value is -1.66. The van der Waals surface area contributed by atoms with Crippen molar-refractivity contribution < 1.29 is 0 Å². The lowest BCUT2D eigenvalue weighted by molar-refractivity contribution is 0.574. The zero-order valence-corrected chi connectivity index (χ0v) is 15.9. The molecule has 7 heteroatoms. The third-order valence-corrected chi connectivity index (χ3v) is 5.48. The van der Waals surface area contributed by atoms with Crippen molar-refractivity contribution in [3.63, 3.8) is 0 Å². The zero-order chi connectivity index (χ0) is 16.0. The number of rotatable bonds is 2. The van der Waals surface area contributed by atoms with Gasteiger partial charge in [-0.1, -0.05) is 0 Å². The van der Waals surface area contributed by atoms with Crippen LogP contribution in [-0.2, 0) is 0 Å². The van der Waals surface area contributed by atoms with Crippen molar-refractivity contribution >= 4 is 40.6 Å². The van der Waals surface area contributed by atoms with E-state index < -0.39 is 0 Å². The first-order chi connectivity index (χ1) is 11.1. The molecule has 1 aliphatic heterocycles. The molecule has 0 spiro atoms. The van der Waals surface area contributed by atoms with Gasteiger partial charge in [0.2, 0.25) is 0 Å². The third-order valence-electron chi connectivity index (χ3n) is 4.37. The van der Waals surface area contributed by atoms with Crippen LogP contribution in [0.2, 0.25) is 0 Å². The van der Waals surface area contributed by atoms with E-state index in [9.17, 15) is 0 Å². The second-order valence-corrected chi connectivity index (χ2v) is 7.44. The highest BCUT2D eigenvalue weighted by Gasteiger charge is 2.19. The molecule has 4 heterocycles. The number of aryl methyl sites for hydroxylation is 3. The fraction of sp³-hybridized carbons (Fsp3) is 0.471. The predicted molar refractivity (Wildman–Crippen MR) is 103 cm³/mol. The second kappa shape index (κ2) is 6.69. The Morgan fingerprint density at radius 1 is 1.04 bits per heavy atom. The summed E-state index contributed by atoms with van der Waals surface area (Å²) in [6.07, 6.45) is 3.80. The Morgan fingerprint density at radius 2 is 1.79 bits per heavy atom. The number of piperidine rings is 1. The molecule has 0 atom stereocenters. The largest absolute Gasteiger partial charge is 0.355 e. The number of aromatic nitrogens is 4. The Balaban J connectivity index is 0.00000169. The molecule has 1 saturated heterocycles. The van der Waals surface area contributed by atoms with Crippen molar-refractivity contribution in [1.82, 2.24) is 19.9 Å². The second-order valence-electron chi connectivity index (χ2n) is 6.23. The van der Waals surface area contributed by atoms with Crippen molar-refractivity contribution in [2.75, 3.05) is 18.0 Å². The van der Waals surface area contributed by atoms with E-state index >= 15 is 0 Å². The lowest BCUT2D eigenvalue weighted by atomic mass is 10.1. The average molecular weight is 364 g/mol. The molecule has 128 valence electrons. The molecule has 0 aliphatic carbocycles. The van der Waals surface area contributed by atoms with Gasteiger partial charge in [0.25, 0.3) is 0 Å². The zero-order valence-electron chi connectivity index (χ0n) is 14.2. The number of H-pyrrole nitrogens is 1. The molecule has 3 aromatic rings. The number of fused-ring (bicyclic) bond motifs is 1. The van der Waals surface area contributed by atoms with Crippen molar-refractivity contribution in [2.24, 2.45) is 0 Å². The van der Waals surface area contributed by atoms with E-state index in [-0.39, 0.29) is 12.4 Å². The highest BCUT2D eigenvalue weighted by atomic mass is 35.5. The van der Waals surface area contributed by atoms with Crippen molar-refractivity contribution in [3.05, 3.63) is 22.6 Å². The van der Waals surface area contributed by atoms with E-state index in [0.29, 0.717) is 0 Å². The highest BCUT2D eigenvalue weighted by molar-refractivity contribution is 7.15. The summed E-state index contributed by atoms with van der Waals surface area (Å²) in [6.45, 7) is 8.25. The van der Waals surface area contributed by atoms with Gasteiger partial charge in [0.05, 0.1) is 26.8 Å². The molecule has 0 amide bonds. The first-order valence-corrected chi connectivity index (χ1v) is 9.00. The monoisotopic (exact) mass is 363 g/mol. The lowest BCUT2D eigenvalue weighted by Crippen LogP contribution is -2.30. The van der Waals surface area contributed by atoms with Gasteiger partial charge in [0.15, 0.2) is 5.82 Å². The molecule has 0 unspecified atom stereocenters. The number of nitrogens with zero attached hydrogens (tertiary/aromatic N) is 4. The van der Waals surface area contributed by atoms with Crippen LogP contribution in [0.25, 0.3) is 21.6 Å². The molecular formula is C17H22ClN5S. The number of hydrogen-bond acceptors (Lipinski definition) is 5.